The van der Waals surface area contributed by atoms with Crippen LogP contribution in [0.15, 0.2) is 36.4 Å². The molecule has 0 amide bonds. The van der Waals surface area contributed by atoms with E-state index in [0.717, 1.165) is 5.56 Å². The topological polar surface area (TPSA) is 35.5 Å². The van der Waals surface area contributed by atoms with Gasteiger partial charge in [0.25, 0.3) is 0 Å². The molecule has 0 bridgehead atoms. The highest BCUT2D eigenvalue weighted by Crippen LogP contribution is 2.31. The SMILES string of the molecule is COc1cccc(/C=C/C(=O)c2ccc(Cl)s2)c1OC. The van der Waals surface area contributed by atoms with Crippen molar-refractivity contribution in [2.45, 2.75) is 0 Å². The zero-order valence-electron chi connectivity index (χ0n) is 11.1. The normalized spacial score (nSPS) is 10.8. The first-order chi connectivity index (χ1) is 9.65. The van der Waals surface area contributed by atoms with E-state index in [1.165, 1.54) is 17.4 Å². The van der Waals surface area contributed by atoms with Gasteiger partial charge in [0.15, 0.2) is 17.3 Å². The molecule has 3 nitrogen and oxygen atoms in total. The third kappa shape index (κ3) is 3.21. The van der Waals surface area contributed by atoms with E-state index in [-0.39, 0.29) is 5.78 Å². The Morgan fingerprint density at radius 2 is 2.00 bits per heavy atom. The summed E-state index contributed by atoms with van der Waals surface area (Å²) < 4.78 is 11.1. The fourth-order valence-corrected chi connectivity index (χ4v) is 2.70. The minimum atomic E-state index is -0.0910. The van der Waals surface area contributed by atoms with Crippen LogP contribution in [0.3, 0.4) is 0 Å². The van der Waals surface area contributed by atoms with Gasteiger partial charge in [0.1, 0.15) is 0 Å². The van der Waals surface area contributed by atoms with E-state index in [4.69, 9.17) is 21.1 Å². The molecule has 0 saturated carbocycles. The predicted molar refractivity (Wildman–Crippen MR) is 82.2 cm³/mol. The van der Waals surface area contributed by atoms with Crippen molar-refractivity contribution in [3.05, 3.63) is 51.2 Å². The third-order valence-corrected chi connectivity index (χ3v) is 3.91. The second-order valence-electron chi connectivity index (χ2n) is 3.88. The van der Waals surface area contributed by atoms with Gasteiger partial charge in [-0.25, -0.2) is 0 Å². The number of thiophene rings is 1. The van der Waals surface area contributed by atoms with E-state index in [2.05, 4.69) is 0 Å². The third-order valence-electron chi connectivity index (χ3n) is 2.66. The second kappa shape index (κ2) is 6.59. The minimum Gasteiger partial charge on any atom is -0.493 e. The molecule has 2 aromatic rings. The quantitative estimate of drug-likeness (QED) is 0.610. The highest BCUT2D eigenvalue weighted by molar-refractivity contribution is 7.18. The van der Waals surface area contributed by atoms with E-state index >= 15 is 0 Å². The number of halogens is 1. The second-order valence-corrected chi connectivity index (χ2v) is 5.60. The summed E-state index contributed by atoms with van der Waals surface area (Å²) in [6.07, 6.45) is 3.21. The average molecular weight is 309 g/mol. The van der Waals surface area contributed by atoms with Gasteiger partial charge in [-0.2, -0.15) is 0 Å². The first-order valence-corrected chi connectivity index (χ1v) is 7.04. The molecule has 0 unspecified atom stereocenters. The highest BCUT2D eigenvalue weighted by Gasteiger charge is 2.09. The molecule has 2 rings (SSSR count). The lowest BCUT2D eigenvalue weighted by Crippen LogP contribution is -1.93. The van der Waals surface area contributed by atoms with Gasteiger partial charge in [0, 0.05) is 5.56 Å². The van der Waals surface area contributed by atoms with Gasteiger partial charge in [0.2, 0.25) is 0 Å². The lowest BCUT2D eigenvalue weighted by Gasteiger charge is -2.09. The van der Waals surface area contributed by atoms with Crippen molar-refractivity contribution in [1.29, 1.82) is 0 Å². The Morgan fingerprint density at radius 3 is 2.60 bits per heavy atom. The maximum atomic E-state index is 12.0. The smallest absolute Gasteiger partial charge is 0.195 e. The van der Waals surface area contributed by atoms with Crippen LogP contribution < -0.4 is 9.47 Å². The van der Waals surface area contributed by atoms with Gasteiger partial charge >= 0.3 is 0 Å². The van der Waals surface area contributed by atoms with Crippen LogP contribution in [-0.4, -0.2) is 20.0 Å². The number of ether oxygens (including phenoxy) is 2. The first-order valence-electron chi connectivity index (χ1n) is 5.84. The predicted octanol–water partition coefficient (Wildman–Crippen LogP) is 4.31. The molecule has 5 heteroatoms. The Hall–Kier alpha value is -1.78. The summed E-state index contributed by atoms with van der Waals surface area (Å²) in [4.78, 5) is 12.6. The van der Waals surface area contributed by atoms with Crippen molar-refractivity contribution in [3.8, 4) is 11.5 Å². The number of methoxy groups -OCH3 is 2. The van der Waals surface area contributed by atoms with Crippen LogP contribution in [0.4, 0.5) is 0 Å². The van der Waals surface area contributed by atoms with Crippen LogP contribution in [0.1, 0.15) is 15.2 Å². The molecule has 20 heavy (non-hydrogen) atoms. The fourth-order valence-electron chi connectivity index (χ4n) is 1.74. The summed E-state index contributed by atoms with van der Waals surface area (Å²) in [6, 6.07) is 8.92. The van der Waals surface area contributed by atoms with Gasteiger partial charge in [-0.05, 0) is 30.4 Å². The van der Waals surface area contributed by atoms with Crippen LogP contribution in [0.5, 0.6) is 11.5 Å². The highest BCUT2D eigenvalue weighted by atomic mass is 35.5. The van der Waals surface area contributed by atoms with Gasteiger partial charge in [0.05, 0.1) is 23.4 Å². The summed E-state index contributed by atoms with van der Waals surface area (Å²) in [5.41, 5.74) is 0.780. The maximum absolute atomic E-state index is 12.0. The van der Waals surface area contributed by atoms with Crippen molar-refractivity contribution in [1.82, 2.24) is 0 Å². The van der Waals surface area contributed by atoms with E-state index in [9.17, 15) is 4.79 Å². The largest absolute Gasteiger partial charge is 0.493 e. The molecule has 0 aliphatic rings. The zero-order valence-corrected chi connectivity index (χ0v) is 12.6. The molecule has 0 N–H and O–H groups in total. The summed E-state index contributed by atoms with van der Waals surface area (Å²) >= 11 is 7.07. The Labute approximate surface area is 126 Å². The number of hydrogen-bond donors (Lipinski definition) is 0. The first kappa shape index (κ1) is 14.6. The monoisotopic (exact) mass is 308 g/mol. The van der Waals surface area contributed by atoms with Crippen molar-refractivity contribution < 1.29 is 14.3 Å². The molecule has 1 heterocycles. The van der Waals surface area contributed by atoms with E-state index in [1.54, 1.807) is 38.5 Å². The Morgan fingerprint density at radius 1 is 1.20 bits per heavy atom. The number of rotatable bonds is 5. The maximum Gasteiger partial charge on any atom is 0.195 e. The Bertz CT molecular complexity index is 646. The summed E-state index contributed by atoms with van der Waals surface area (Å²) in [5, 5.41) is 0. The van der Waals surface area contributed by atoms with Gasteiger partial charge in [-0.15, -0.1) is 11.3 Å². The fraction of sp³-hybridized carbons (Fsp3) is 0.133. The number of hydrogen-bond acceptors (Lipinski definition) is 4. The molecule has 0 atom stereocenters. The zero-order chi connectivity index (χ0) is 14.5. The van der Waals surface area contributed by atoms with E-state index in [1.807, 2.05) is 12.1 Å². The van der Waals surface area contributed by atoms with Gasteiger partial charge in [-0.1, -0.05) is 23.7 Å². The molecule has 0 saturated heterocycles. The Balaban J connectivity index is 2.25. The lowest BCUT2D eigenvalue weighted by atomic mass is 10.1. The molecule has 0 aliphatic heterocycles. The standard InChI is InChI=1S/C15H13ClO3S/c1-18-12-5-3-4-10(15(12)19-2)6-7-11(17)13-8-9-14(16)20-13/h3-9H,1-2H3/b7-6+. The molecule has 104 valence electrons. The molecule has 0 radical (unpaired) electrons. The number of allylic oxidation sites excluding steroid dienone is 1. The Kier molecular flexibility index (Phi) is 4.82. The lowest BCUT2D eigenvalue weighted by molar-refractivity contribution is 0.105. The number of ketones is 1. The van der Waals surface area contributed by atoms with Gasteiger partial charge < -0.3 is 9.47 Å². The van der Waals surface area contributed by atoms with Crippen molar-refractivity contribution >= 4 is 34.8 Å². The summed E-state index contributed by atoms with van der Waals surface area (Å²) in [7, 11) is 3.14. The van der Waals surface area contributed by atoms with Crippen LogP contribution in [0, 0.1) is 0 Å². The van der Waals surface area contributed by atoms with Crippen LogP contribution >= 0.6 is 22.9 Å². The van der Waals surface area contributed by atoms with Gasteiger partial charge in [-0.3, -0.25) is 4.79 Å². The number of benzene rings is 1. The van der Waals surface area contributed by atoms with E-state index in [0.29, 0.717) is 20.7 Å². The van der Waals surface area contributed by atoms with Crippen molar-refractivity contribution in [3.63, 3.8) is 0 Å². The van der Waals surface area contributed by atoms with Crippen LogP contribution in [0.25, 0.3) is 6.08 Å². The molecule has 0 aliphatic carbocycles. The van der Waals surface area contributed by atoms with E-state index < -0.39 is 0 Å². The van der Waals surface area contributed by atoms with Crippen LogP contribution in [-0.2, 0) is 0 Å². The molecule has 0 spiro atoms. The molecule has 0 fully saturated rings. The number of carbonyl (C=O) groups excluding carboxylic acids is 1. The van der Waals surface area contributed by atoms with Crippen molar-refractivity contribution in [2.75, 3.05) is 14.2 Å². The van der Waals surface area contributed by atoms with Crippen molar-refractivity contribution in [2.24, 2.45) is 0 Å². The molecular weight excluding hydrogens is 296 g/mol. The molecular formula is C15H13ClO3S. The summed E-state index contributed by atoms with van der Waals surface area (Å²) in [6.45, 7) is 0. The number of carbonyl (C=O) groups is 1. The molecule has 1 aromatic carbocycles. The van der Waals surface area contributed by atoms with Crippen LogP contribution in [0.2, 0.25) is 4.34 Å². The summed E-state index contributed by atoms with van der Waals surface area (Å²) in [5.74, 6) is 1.14. The molecule has 1 aromatic heterocycles. The average Bonchev–Trinajstić information content (AvgIpc) is 2.90. The minimum absolute atomic E-state index is 0.0910. The number of para-hydroxylation sites is 1.